The first-order chi connectivity index (χ1) is 11.3. The molecule has 0 radical (unpaired) electrons. The largest absolute Gasteiger partial charge is 0.573 e. The van der Waals surface area contributed by atoms with Gasteiger partial charge in [-0.3, -0.25) is 0 Å². The predicted molar refractivity (Wildman–Crippen MR) is 91.8 cm³/mol. The van der Waals surface area contributed by atoms with E-state index in [1.807, 2.05) is 0 Å². The van der Waals surface area contributed by atoms with Gasteiger partial charge in [0.1, 0.15) is 5.75 Å². The van der Waals surface area contributed by atoms with Crippen molar-refractivity contribution in [3.05, 3.63) is 59.5 Å². The van der Waals surface area contributed by atoms with Crippen LogP contribution >= 0.6 is 15.9 Å². The number of halogens is 4. The summed E-state index contributed by atoms with van der Waals surface area (Å²) in [5.41, 5.74) is 0. The molecule has 0 unspecified atom stereocenters. The number of sulfone groups is 1. The fourth-order valence-electron chi connectivity index (χ4n) is 1.60. The molecule has 0 saturated heterocycles. The molecule has 1 aromatic rings. The first-order valence-corrected chi connectivity index (χ1v) is 9.20. The molecule has 1 rings (SSSR count). The van der Waals surface area contributed by atoms with Crippen molar-refractivity contribution in [2.45, 2.75) is 30.4 Å². The smallest absolute Gasteiger partial charge is 0.454 e. The summed E-state index contributed by atoms with van der Waals surface area (Å²) in [6.07, 6.45) is -3.98. The van der Waals surface area contributed by atoms with Gasteiger partial charge in [-0.2, -0.15) is 0 Å². The van der Waals surface area contributed by atoms with E-state index in [9.17, 15) is 21.6 Å². The van der Waals surface area contributed by atoms with E-state index in [1.54, 1.807) is 13.8 Å². The lowest BCUT2D eigenvalue weighted by atomic mass is 10.3. The van der Waals surface area contributed by atoms with Crippen molar-refractivity contribution in [1.29, 1.82) is 0 Å². The van der Waals surface area contributed by atoms with Crippen LogP contribution in [0.3, 0.4) is 0 Å². The van der Waals surface area contributed by atoms with Crippen molar-refractivity contribution in [1.82, 2.24) is 0 Å². The minimum atomic E-state index is -4.93. The van der Waals surface area contributed by atoms with Gasteiger partial charge in [-0.25, -0.2) is 8.42 Å². The van der Waals surface area contributed by atoms with Crippen LogP contribution in [0.4, 0.5) is 13.2 Å². The topological polar surface area (TPSA) is 52.6 Å². The summed E-state index contributed by atoms with van der Waals surface area (Å²) in [5.74, 6) is -1.00. The Morgan fingerprint density at radius 1 is 1.20 bits per heavy atom. The van der Waals surface area contributed by atoms with Crippen LogP contribution in [-0.2, 0) is 14.6 Å². The summed E-state index contributed by atoms with van der Waals surface area (Å²) in [6.45, 7) is 9.87. The molecule has 0 saturated carbocycles. The van der Waals surface area contributed by atoms with E-state index >= 15 is 0 Å². The highest BCUT2D eigenvalue weighted by Crippen LogP contribution is 2.28. The van der Waals surface area contributed by atoms with Crippen LogP contribution in [0, 0.1) is 0 Å². The first-order valence-electron chi connectivity index (χ1n) is 6.86. The van der Waals surface area contributed by atoms with Gasteiger partial charge in [-0.1, -0.05) is 29.1 Å². The van der Waals surface area contributed by atoms with Gasteiger partial charge in [-0.05, 0) is 44.2 Å². The van der Waals surface area contributed by atoms with Crippen LogP contribution in [0.5, 0.6) is 5.75 Å². The molecule has 0 fully saturated rings. The monoisotopic (exact) mass is 440 g/mol. The Labute approximate surface area is 152 Å². The molecule has 138 valence electrons. The van der Waals surface area contributed by atoms with Gasteiger partial charge >= 0.3 is 6.36 Å². The predicted octanol–water partition coefficient (Wildman–Crippen LogP) is 5.09. The minimum absolute atomic E-state index is 0.0802. The molecule has 25 heavy (non-hydrogen) atoms. The molecule has 0 heterocycles. The Bertz CT molecular complexity index is 779. The van der Waals surface area contributed by atoms with Gasteiger partial charge in [0.05, 0.1) is 10.1 Å². The summed E-state index contributed by atoms with van der Waals surface area (Å²) >= 11 is 2.90. The van der Waals surface area contributed by atoms with E-state index in [0.29, 0.717) is 0 Å². The highest BCUT2D eigenvalue weighted by molar-refractivity contribution is 9.11. The number of alkyl halides is 3. The van der Waals surface area contributed by atoms with E-state index in [4.69, 9.17) is 4.74 Å². The molecular formula is C16H16BrF3O4S. The van der Waals surface area contributed by atoms with Crippen LogP contribution in [0.15, 0.2) is 64.4 Å². The fourth-order valence-corrected chi connectivity index (χ4v) is 2.86. The molecule has 4 nitrogen and oxygen atoms in total. The Hall–Kier alpha value is -1.74. The third kappa shape index (κ3) is 6.58. The van der Waals surface area contributed by atoms with Gasteiger partial charge in [0, 0.05) is 4.48 Å². The number of allylic oxidation sites excluding steroid dienone is 2. The molecule has 0 N–H and O–H groups in total. The molecule has 0 atom stereocenters. The van der Waals surface area contributed by atoms with Gasteiger partial charge in [0.25, 0.3) is 0 Å². The maximum absolute atomic E-state index is 12.4. The van der Waals surface area contributed by atoms with Gasteiger partial charge < -0.3 is 9.47 Å². The molecule has 0 bridgehead atoms. The molecule has 1 aromatic carbocycles. The summed E-state index contributed by atoms with van der Waals surface area (Å²) in [7, 11) is -3.46. The molecule has 0 amide bonds. The van der Waals surface area contributed by atoms with Crippen molar-refractivity contribution >= 4 is 25.8 Å². The Balaban J connectivity index is 3.00. The lowest BCUT2D eigenvalue weighted by Crippen LogP contribution is -2.16. The minimum Gasteiger partial charge on any atom is -0.454 e. The summed E-state index contributed by atoms with van der Waals surface area (Å²) in [6, 6.07) is 5.23. The zero-order valence-electron chi connectivity index (χ0n) is 13.4. The van der Waals surface area contributed by atoms with Crippen LogP contribution in [0.2, 0.25) is 0 Å². The molecule has 0 aromatic heterocycles. The second-order valence-electron chi connectivity index (χ2n) is 5.09. The number of hydrogen-bond donors (Lipinski definition) is 0. The van der Waals surface area contributed by atoms with Crippen LogP contribution in [0.1, 0.15) is 13.8 Å². The number of benzene rings is 1. The molecule has 0 spiro atoms. The quantitative estimate of drug-likeness (QED) is 0.437. The Kier molecular flexibility index (Phi) is 6.90. The van der Waals surface area contributed by atoms with Gasteiger partial charge in [0.15, 0.2) is 21.4 Å². The standard InChI is InChI=1S/C16H16BrF3O4S/c1-10(2)25(21,22)14-7-5-13(6-8-14)23-12(4)15(9-11(3)17)24-16(18,19)20/h5-10H,3-4H2,1-2H3/b15-9+. The van der Waals surface area contributed by atoms with Crippen molar-refractivity contribution < 1.29 is 31.1 Å². The van der Waals surface area contributed by atoms with Gasteiger partial charge in [-0.15, -0.1) is 13.2 Å². The average molecular weight is 441 g/mol. The maximum atomic E-state index is 12.4. The van der Waals surface area contributed by atoms with Crippen molar-refractivity contribution in [2.75, 3.05) is 0 Å². The number of rotatable bonds is 7. The van der Waals surface area contributed by atoms with E-state index in [2.05, 4.69) is 33.8 Å². The average Bonchev–Trinajstić information content (AvgIpc) is 2.45. The SMILES string of the molecule is C=C(Br)/C=C(/OC(F)(F)F)C(=C)Oc1ccc(S(=O)(=O)C(C)C)cc1. The molecular weight excluding hydrogens is 425 g/mol. The first kappa shape index (κ1) is 21.3. The van der Waals surface area contributed by atoms with Crippen molar-refractivity contribution in [3.63, 3.8) is 0 Å². The number of ether oxygens (including phenoxy) is 2. The second kappa shape index (κ2) is 8.09. The zero-order chi connectivity index (χ0) is 19.4. The summed E-state index contributed by atoms with van der Waals surface area (Å²) in [5, 5.41) is -0.603. The van der Waals surface area contributed by atoms with Crippen molar-refractivity contribution in [2.24, 2.45) is 0 Å². The maximum Gasteiger partial charge on any atom is 0.573 e. The van der Waals surface area contributed by atoms with E-state index in [0.717, 1.165) is 6.08 Å². The van der Waals surface area contributed by atoms with Crippen LogP contribution < -0.4 is 4.74 Å². The van der Waals surface area contributed by atoms with Crippen LogP contribution in [0.25, 0.3) is 0 Å². The second-order valence-corrected chi connectivity index (χ2v) is 8.62. The molecule has 0 aliphatic carbocycles. The third-order valence-corrected chi connectivity index (χ3v) is 5.20. The highest BCUT2D eigenvalue weighted by Gasteiger charge is 2.33. The van der Waals surface area contributed by atoms with E-state index in [1.165, 1.54) is 24.3 Å². The Morgan fingerprint density at radius 2 is 1.72 bits per heavy atom. The summed E-state index contributed by atoms with van der Waals surface area (Å²) < 4.78 is 70.5. The third-order valence-electron chi connectivity index (χ3n) is 2.80. The summed E-state index contributed by atoms with van der Waals surface area (Å²) in [4.78, 5) is 0.0802. The molecule has 0 aliphatic heterocycles. The fraction of sp³-hybridized carbons (Fsp3) is 0.250. The molecule has 0 aliphatic rings. The van der Waals surface area contributed by atoms with Crippen molar-refractivity contribution in [3.8, 4) is 5.75 Å². The Morgan fingerprint density at radius 3 is 2.12 bits per heavy atom. The lowest BCUT2D eigenvalue weighted by molar-refractivity contribution is -0.305. The molecule has 9 heteroatoms. The lowest BCUT2D eigenvalue weighted by Gasteiger charge is -2.15. The van der Waals surface area contributed by atoms with E-state index in [-0.39, 0.29) is 15.1 Å². The normalized spacial score (nSPS) is 12.8. The highest BCUT2D eigenvalue weighted by atomic mass is 79.9. The van der Waals surface area contributed by atoms with Gasteiger partial charge in [0.2, 0.25) is 0 Å². The number of hydrogen-bond acceptors (Lipinski definition) is 4. The van der Waals surface area contributed by atoms with E-state index < -0.39 is 33.0 Å². The van der Waals surface area contributed by atoms with Crippen LogP contribution in [-0.4, -0.2) is 20.0 Å². The zero-order valence-corrected chi connectivity index (χ0v) is 15.8.